The van der Waals surface area contributed by atoms with Gasteiger partial charge in [-0.1, -0.05) is 25.8 Å². The molecular formula is C15H21N3. The summed E-state index contributed by atoms with van der Waals surface area (Å²) in [6.45, 7) is 3.29. The van der Waals surface area contributed by atoms with Crippen LogP contribution in [0.3, 0.4) is 0 Å². The van der Waals surface area contributed by atoms with Crippen LogP contribution in [-0.4, -0.2) is 6.54 Å². The third kappa shape index (κ3) is 2.95. The van der Waals surface area contributed by atoms with Gasteiger partial charge in [0.25, 0.3) is 0 Å². The Hall–Kier alpha value is -1.69. The van der Waals surface area contributed by atoms with Crippen molar-refractivity contribution in [3.8, 4) is 6.07 Å². The topological polar surface area (TPSA) is 61.8 Å². The Morgan fingerprint density at radius 2 is 2.28 bits per heavy atom. The lowest BCUT2D eigenvalue weighted by molar-refractivity contribution is 0.293. The van der Waals surface area contributed by atoms with Crippen LogP contribution in [0.1, 0.15) is 38.2 Å². The lowest BCUT2D eigenvalue weighted by Crippen LogP contribution is -2.21. The Balaban J connectivity index is 1.96. The summed E-state index contributed by atoms with van der Waals surface area (Å²) in [7, 11) is 0. The number of hydrogen-bond donors (Lipinski definition) is 2. The number of rotatable bonds is 3. The first-order valence-corrected chi connectivity index (χ1v) is 6.73. The number of hydrogen-bond acceptors (Lipinski definition) is 3. The zero-order valence-corrected chi connectivity index (χ0v) is 10.9. The average Bonchev–Trinajstić information content (AvgIpc) is 2.38. The van der Waals surface area contributed by atoms with Crippen molar-refractivity contribution in [3.05, 3.63) is 23.8 Å². The Bertz CT molecular complexity index is 448. The van der Waals surface area contributed by atoms with Crippen molar-refractivity contribution in [2.45, 2.75) is 32.6 Å². The average molecular weight is 243 g/mol. The molecule has 1 aromatic rings. The maximum Gasteiger partial charge on any atom is 0.101 e. The van der Waals surface area contributed by atoms with Crippen molar-refractivity contribution in [1.29, 1.82) is 5.26 Å². The predicted octanol–water partition coefficient (Wildman–Crippen LogP) is 3.38. The van der Waals surface area contributed by atoms with Crippen molar-refractivity contribution in [1.82, 2.24) is 0 Å². The molecule has 1 fully saturated rings. The minimum absolute atomic E-state index is 0.553. The molecule has 2 atom stereocenters. The van der Waals surface area contributed by atoms with Gasteiger partial charge in [0.05, 0.1) is 16.9 Å². The predicted molar refractivity (Wildman–Crippen MR) is 75.2 cm³/mol. The molecule has 0 aliphatic heterocycles. The van der Waals surface area contributed by atoms with Gasteiger partial charge in [-0.05, 0) is 36.8 Å². The molecule has 18 heavy (non-hydrogen) atoms. The molecule has 1 aliphatic carbocycles. The fourth-order valence-corrected chi connectivity index (χ4v) is 2.82. The number of nitrogens with zero attached hydrogens (tertiary/aromatic N) is 1. The molecule has 0 amide bonds. The fraction of sp³-hybridized carbons (Fsp3) is 0.533. The highest BCUT2D eigenvalue weighted by Gasteiger charge is 2.18. The summed E-state index contributed by atoms with van der Waals surface area (Å²) >= 11 is 0. The Kier molecular flexibility index (Phi) is 4.09. The van der Waals surface area contributed by atoms with E-state index in [0.717, 1.165) is 24.1 Å². The zero-order chi connectivity index (χ0) is 13.0. The highest BCUT2D eigenvalue weighted by molar-refractivity contribution is 5.72. The van der Waals surface area contributed by atoms with Crippen molar-refractivity contribution >= 4 is 11.4 Å². The molecule has 0 heterocycles. The van der Waals surface area contributed by atoms with Gasteiger partial charge in [-0.15, -0.1) is 0 Å². The minimum atomic E-state index is 0.553. The van der Waals surface area contributed by atoms with Crippen LogP contribution < -0.4 is 11.1 Å². The molecule has 0 radical (unpaired) electrons. The third-order valence-electron chi connectivity index (χ3n) is 3.85. The highest BCUT2D eigenvalue weighted by Crippen LogP contribution is 2.29. The van der Waals surface area contributed by atoms with E-state index in [0.29, 0.717) is 11.3 Å². The monoisotopic (exact) mass is 243 g/mol. The van der Waals surface area contributed by atoms with Crippen LogP contribution in [0.25, 0.3) is 0 Å². The molecule has 1 aromatic carbocycles. The van der Waals surface area contributed by atoms with Gasteiger partial charge in [-0.2, -0.15) is 5.26 Å². The quantitative estimate of drug-likeness (QED) is 0.800. The van der Waals surface area contributed by atoms with Gasteiger partial charge in [0.1, 0.15) is 6.07 Å². The molecule has 1 aliphatic rings. The fourth-order valence-electron chi connectivity index (χ4n) is 2.82. The lowest BCUT2D eigenvalue weighted by Gasteiger charge is -2.27. The Morgan fingerprint density at radius 1 is 1.44 bits per heavy atom. The Labute approximate surface area is 109 Å². The molecule has 96 valence electrons. The van der Waals surface area contributed by atoms with Crippen molar-refractivity contribution in [2.24, 2.45) is 11.8 Å². The van der Waals surface area contributed by atoms with Crippen LogP contribution >= 0.6 is 0 Å². The van der Waals surface area contributed by atoms with Crippen LogP contribution in [0.2, 0.25) is 0 Å². The summed E-state index contributed by atoms with van der Waals surface area (Å²) in [4.78, 5) is 0. The summed E-state index contributed by atoms with van der Waals surface area (Å²) in [6.07, 6.45) is 5.30. The van der Waals surface area contributed by atoms with E-state index in [1.165, 1.54) is 25.7 Å². The molecule has 0 bridgehead atoms. The number of nitrogen functional groups attached to an aromatic ring is 1. The normalized spacial score (nSPS) is 23.3. The summed E-state index contributed by atoms with van der Waals surface area (Å²) in [5.74, 6) is 1.58. The van der Waals surface area contributed by atoms with Gasteiger partial charge in [-0.3, -0.25) is 0 Å². The van der Waals surface area contributed by atoms with Crippen LogP contribution in [0.4, 0.5) is 11.4 Å². The largest absolute Gasteiger partial charge is 0.396 e. The van der Waals surface area contributed by atoms with Gasteiger partial charge >= 0.3 is 0 Å². The molecule has 3 nitrogen and oxygen atoms in total. The number of anilines is 2. The number of nitrogens with two attached hydrogens (primary N) is 1. The second-order valence-electron chi connectivity index (χ2n) is 5.40. The van der Waals surface area contributed by atoms with E-state index in [1.54, 1.807) is 6.07 Å². The molecule has 3 heteroatoms. The van der Waals surface area contributed by atoms with Crippen molar-refractivity contribution < 1.29 is 0 Å². The molecule has 2 rings (SSSR count). The number of benzene rings is 1. The van der Waals surface area contributed by atoms with Crippen LogP contribution in [0, 0.1) is 23.2 Å². The van der Waals surface area contributed by atoms with E-state index < -0.39 is 0 Å². The molecule has 1 saturated carbocycles. The Morgan fingerprint density at radius 3 is 3.00 bits per heavy atom. The summed E-state index contributed by atoms with van der Waals surface area (Å²) in [5.41, 5.74) is 7.97. The number of para-hydroxylation sites is 1. The van der Waals surface area contributed by atoms with Crippen molar-refractivity contribution in [2.75, 3.05) is 17.6 Å². The van der Waals surface area contributed by atoms with Crippen LogP contribution in [0.15, 0.2) is 18.2 Å². The smallest absolute Gasteiger partial charge is 0.101 e. The third-order valence-corrected chi connectivity index (χ3v) is 3.85. The maximum atomic E-state index is 8.94. The van der Waals surface area contributed by atoms with Gasteiger partial charge in [0.2, 0.25) is 0 Å². The number of nitrogens with one attached hydrogen (secondary N) is 1. The summed E-state index contributed by atoms with van der Waals surface area (Å²) in [6, 6.07) is 7.69. The molecular weight excluding hydrogens is 222 g/mol. The summed E-state index contributed by atoms with van der Waals surface area (Å²) in [5, 5.41) is 12.3. The second-order valence-corrected chi connectivity index (χ2v) is 5.40. The standard InChI is InChI=1S/C15H21N3/c1-11-4-2-5-12(8-11)10-18-14-7-3-6-13(9-16)15(14)17/h3,6-7,11-12,18H,2,4-5,8,10,17H2,1H3. The van der Waals surface area contributed by atoms with Crippen LogP contribution in [0.5, 0.6) is 0 Å². The SMILES string of the molecule is CC1CCCC(CNc2cccc(C#N)c2N)C1. The summed E-state index contributed by atoms with van der Waals surface area (Å²) < 4.78 is 0. The highest BCUT2D eigenvalue weighted by atomic mass is 14.9. The first kappa shape index (κ1) is 12.8. The molecule has 2 unspecified atom stereocenters. The first-order chi connectivity index (χ1) is 8.70. The van der Waals surface area contributed by atoms with E-state index in [2.05, 4.69) is 18.3 Å². The van der Waals surface area contributed by atoms with E-state index in [4.69, 9.17) is 11.0 Å². The molecule has 0 aromatic heterocycles. The van der Waals surface area contributed by atoms with Crippen molar-refractivity contribution in [3.63, 3.8) is 0 Å². The first-order valence-electron chi connectivity index (χ1n) is 6.73. The van der Waals surface area contributed by atoms with E-state index >= 15 is 0 Å². The second kappa shape index (κ2) is 5.77. The van der Waals surface area contributed by atoms with Gasteiger partial charge in [0, 0.05) is 6.54 Å². The lowest BCUT2D eigenvalue weighted by atomic mass is 9.82. The molecule has 3 N–H and O–H groups in total. The van der Waals surface area contributed by atoms with E-state index in [1.807, 2.05) is 12.1 Å². The van der Waals surface area contributed by atoms with Gasteiger partial charge < -0.3 is 11.1 Å². The van der Waals surface area contributed by atoms with E-state index in [-0.39, 0.29) is 0 Å². The van der Waals surface area contributed by atoms with Crippen LogP contribution in [-0.2, 0) is 0 Å². The molecule has 0 spiro atoms. The van der Waals surface area contributed by atoms with Gasteiger partial charge in [-0.25, -0.2) is 0 Å². The van der Waals surface area contributed by atoms with Gasteiger partial charge in [0.15, 0.2) is 0 Å². The number of nitriles is 1. The van der Waals surface area contributed by atoms with E-state index in [9.17, 15) is 0 Å². The maximum absolute atomic E-state index is 8.94. The minimum Gasteiger partial charge on any atom is -0.396 e. The zero-order valence-electron chi connectivity index (χ0n) is 10.9. The molecule has 0 saturated heterocycles.